The van der Waals surface area contributed by atoms with Crippen molar-refractivity contribution in [2.45, 2.75) is 13.3 Å². The summed E-state index contributed by atoms with van der Waals surface area (Å²) in [5.74, 6) is 0. The maximum Gasteiger partial charge on any atom is 0 e. The number of hydrogen-bond donors (Lipinski definition) is 0. The van der Waals surface area contributed by atoms with Crippen molar-refractivity contribution >= 4 is 0 Å². The molecule has 0 aliphatic carbocycles. The largest absolute Gasteiger partial charge is 0.339 e. The Morgan fingerprint density at radius 2 is 1.33 bits per heavy atom. The minimum Gasteiger partial charge on any atom is -0.339 e. The van der Waals surface area contributed by atoms with Crippen molar-refractivity contribution in [1.82, 2.24) is 0 Å². The summed E-state index contributed by atoms with van der Waals surface area (Å²) in [6, 6.07) is 10.4. The van der Waals surface area contributed by atoms with Gasteiger partial charge in [0, 0.05) is 164 Å². The van der Waals surface area contributed by atoms with E-state index in [4.69, 9.17) is 0 Å². The molecule has 0 aliphatic heterocycles. The fraction of sp³-hybridized carbons (Fsp3) is 0.200. The minimum atomic E-state index is 0. The van der Waals surface area contributed by atoms with Gasteiger partial charge in [0.2, 0.25) is 0 Å². The summed E-state index contributed by atoms with van der Waals surface area (Å²) in [6.45, 7) is 2.07. The Morgan fingerprint density at radius 3 is 1.73 bits per heavy atom. The van der Waals surface area contributed by atoms with Gasteiger partial charge < -0.3 is 6.42 Å². The smallest absolute Gasteiger partial charge is 0 e. The summed E-state index contributed by atoms with van der Waals surface area (Å²) < 4.78 is 0. The molecule has 0 heterocycles. The molecule has 0 saturated heterocycles. The molecule has 0 saturated carbocycles. The van der Waals surface area contributed by atoms with Crippen LogP contribution in [0, 0.1) is 12.8 Å². The van der Waals surface area contributed by atoms with Gasteiger partial charge in [-0.15, -0.1) is 12.1 Å². The average Bonchev–Trinajstić information content (AvgIpc) is 2.03. The van der Waals surface area contributed by atoms with E-state index < -0.39 is 0 Å². The van der Waals surface area contributed by atoms with E-state index in [9.17, 15) is 0 Å². The van der Waals surface area contributed by atoms with E-state index in [0.717, 1.165) is 6.42 Å². The molecule has 0 fully saturated rings. The SMILES string of the molecule is C[CH-]C[CH-]c1ccccc1.[Y].[Y].[Y].[Y].[Y]. The molecule has 0 aliphatic rings. The van der Waals surface area contributed by atoms with E-state index in [1.54, 1.807) is 0 Å². The first-order valence-electron chi connectivity index (χ1n) is 3.59. The minimum absolute atomic E-state index is 0. The fourth-order valence-electron chi connectivity index (χ4n) is 0.843. The van der Waals surface area contributed by atoms with E-state index >= 15 is 0 Å². The molecule has 0 aromatic heterocycles. The summed E-state index contributed by atoms with van der Waals surface area (Å²) in [5.41, 5.74) is 1.31. The number of rotatable bonds is 3. The van der Waals surface area contributed by atoms with Crippen LogP contribution in [0.3, 0.4) is 0 Å². The van der Waals surface area contributed by atoms with Crippen LogP contribution in [0.15, 0.2) is 30.3 Å². The van der Waals surface area contributed by atoms with Gasteiger partial charge in [0.15, 0.2) is 0 Å². The van der Waals surface area contributed by atoms with Crippen LogP contribution in [0.2, 0.25) is 0 Å². The Morgan fingerprint density at radius 1 is 0.867 bits per heavy atom. The molecule has 0 unspecified atom stereocenters. The second kappa shape index (κ2) is 23.7. The summed E-state index contributed by atoms with van der Waals surface area (Å²) in [7, 11) is 0. The van der Waals surface area contributed by atoms with Crippen LogP contribution in [0.1, 0.15) is 18.9 Å². The predicted molar refractivity (Wildman–Crippen MR) is 44.4 cm³/mol. The molecule has 5 heteroatoms. The van der Waals surface area contributed by atoms with Gasteiger partial charge >= 0.3 is 0 Å². The third kappa shape index (κ3) is 18.6. The molecule has 0 nitrogen and oxygen atoms in total. The summed E-state index contributed by atoms with van der Waals surface area (Å²) in [5, 5.41) is 0. The zero-order chi connectivity index (χ0) is 7.23. The van der Waals surface area contributed by atoms with Crippen molar-refractivity contribution in [1.29, 1.82) is 0 Å². The van der Waals surface area contributed by atoms with Gasteiger partial charge in [-0.2, -0.15) is 24.6 Å². The molecule has 1 rings (SSSR count). The van der Waals surface area contributed by atoms with E-state index in [1.165, 1.54) is 5.56 Å². The Bertz CT molecular complexity index is 178. The van der Waals surface area contributed by atoms with Crippen molar-refractivity contribution < 1.29 is 164 Å². The van der Waals surface area contributed by atoms with Crippen molar-refractivity contribution in [3.05, 3.63) is 48.7 Å². The normalized spacial score (nSPS) is 6.20. The first kappa shape index (κ1) is 31.8. The van der Waals surface area contributed by atoms with E-state index in [0.29, 0.717) is 0 Å². The standard InChI is InChI=1S/C10H12.5Y/c1-2-3-7-10-8-5-4-6-9-10;;;;;/h2,4-9H,3H2,1H3;;;;;/q-2;;;;;. The maximum atomic E-state index is 2.21. The molecule has 0 atom stereocenters. The maximum absolute atomic E-state index is 2.21. The molecule has 0 amide bonds. The Labute approximate surface area is 220 Å². The molecule has 1 aromatic carbocycles. The molecule has 15 heavy (non-hydrogen) atoms. The zero-order valence-electron chi connectivity index (χ0n) is 9.14. The quantitative estimate of drug-likeness (QED) is 0.486. The first-order valence-corrected chi connectivity index (χ1v) is 3.59. The van der Waals surface area contributed by atoms with E-state index in [1.807, 2.05) is 6.07 Å². The van der Waals surface area contributed by atoms with Gasteiger partial charge in [0.25, 0.3) is 0 Å². The van der Waals surface area contributed by atoms with Crippen molar-refractivity contribution in [3.63, 3.8) is 0 Å². The molecule has 0 N–H and O–H groups in total. The van der Waals surface area contributed by atoms with E-state index in [-0.39, 0.29) is 164 Å². The number of hydrogen-bond acceptors (Lipinski definition) is 0. The van der Waals surface area contributed by atoms with Crippen LogP contribution >= 0.6 is 0 Å². The van der Waals surface area contributed by atoms with Gasteiger partial charge in [0.05, 0.1) is 0 Å². The molecular weight excluding hydrogens is 565 g/mol. The molecular formula is C10H12Y5-2. The van der Waals surface area contributed by atoms with Crippen molar-refractivity contribution in [3.8, 4) is 0 Å². The first-order chi connectivity index (χ1) is 4.93. The van der Waals surface area contributed by atoms with Crippen LogP contribution in [-0.4, -0.2) is 0 Å². The second-order valence-corrected chi connectivity index (χ2v) is 2.26. The summed E-state index contributed by atoms with van der Waals surface area (Å²) in [4.78, 5) is 0. The Hall–Kier alpha value is 4.61. The number of unbranched alkanes of at least 4 members (excludes halogenated alkanes) is 1. The summed E-state index contributed by atoms with van der Waals surface area (Å²) >= 11 is 0. The average molecular weight is 577 g/mol. The topological polar surface area (TPSA) is 0 Å². The second-order valence-electron chi connectivity index (χ2n) is 2.26. The van der Waals surface area contributed by atoms with Crippen molar-refractivity contribution in [2.75, 3.05) is 0 Å². The van der Waals surface area contributed by atoms with Gasteiger partial charge in [-0.3, -0.25) is 0 Å². The summed E-state index contributed by atoms with van der Waals surface area (Å²) in [6.07, 6.45) is 5.41. The van der Waals surface area contributed by atoms with Crippen LogP contribution in [0.4, 0.5) is 0 Å². The fourth-order valence-corrected chi connectivity index (χ4v) is 0.843. The van der Waals surface area contributed by atoms with Gasteiger partial charge in [-0.05, 0) is 0 Å². The van der Waals surface area contributed by atoms with E-state index in [2.05, 4.69) is 44.0 Å². The monoisotopic (exact) mass is 577 g/mol. The van der Waals surface area contributed by atoms with Crippen molar-refractivity contribution in [2.24, 2.45) is 0 Å². The zero-order valence-corrected chi connectivity index (χ0v) is 23.3. The molecule has 1 aromatic rings. The Balaban J connectivity index is -0.0000000667. The van der Waals surface area contributed by atoms with Crippen LogP contribution in [0.5, 0.6) is 0 Å². The third-order valence-corrected chi connectivity index (χ3v) is 1.39. The molecule has 0 bridgehead atoms. The van der Waals surface area contributed by atoms with Crippen LogP contribution in [-0.2, 0) is 164 Å². The van der Waals surface area contributed by atoms with Crippen LogP contribution < -0.4 is 0 Å². The third-order valence-electron chi connectivity index (χ3n) is 1.39. The molecule has 5 radical (unpaired) electrons. The van der Waals surface area contributed by atoms with Gasteiger partial charge in [-0.1, -0.05) is 6.07 Å². The van der Waals surface area contributed by atoms with Crippen LogP contribution in [0.25, 0.3) is 0 Å². The predicted octanol–water partition coefficient (Wildman–Crippen LogP) is 2.84. The van der Waals surface area contributed by atoms with Gasteiger partial charge in [-0.25, -0.2) is 12.8 Å². The number of benzene rings is 1. The Kier molecular flexibility index (Phi) is 50.2. The van der Waals surface area contributed by atoms with Gasteiger partial charge in [0.1, 0.15) is 0 Å². The molecule has 69 valence electrons. The molecule has 0 spiro atoms.